The van der Waals surface area contributed by atoms with Crippen LogP contribution in [0.2, 0.25) is 0 Å². The zero-order chi connectivity index (χ0) is 22.9. The number of benzene rings is 4. The van der Waals surface area contributed by atoms with Gasteiger partial charge in [0.15, 0.2) is 0 Å². The summed E-state index contributed by atoms with van der Waals surface area (Å²) in [6.07, 6.45) is 0. The summed E-state index contributed by atoms with van der Waals surface area (Å²) in [5.74, 6) is -0.220. The number of amides is 1. The molecule has 4 aromatic carbocycles. The maximum Gasteiger partial charge on any atom is 0.233 e. The lowest BCUT2D eigenvalue weighted by molar-refractivity contribution is -0.117. The number of carbonyl (C=O) groups excluding carboxylic acids is 1. The van der Waals surface area contributed by atoms with E-state index in [4.69, 9.17) is 0 Å². The number of carbonyl (C=O) groups is 1. The molecule has 0 spiro atoms. The Morgan fingerprint density at radius 3 is 2.33 bits per heavy atom. The van der Waals surface area contributed by atoms with Gasteiger partial charge in [0.1, 0.15) is 0 Å². The molecule has 6 rings (SSSR count). The molecule has 2 aliphatic rings. The molecule has 162 valence electrons. The van der Waals surface area contributed by atoms with Crippen LogP contribution >= 0.6 is 31.9 Å². The van der Waals surface area contributed by atoms with Crippen LogP contribution in [0.5, 0.6) is 0 Å². The van der Waals surface area contributed by atoms with Crippen LogP contribution < -0.4 is 5.32 Å². The maximum absolute atomic E-state index is 13.4. The Morgan fingerprint density at radius 2 is 1.52 bits per heavy atom. The van der Waals surface area contributed by atoms with Gasteiger partial charge < -0.3 is 5.32 Å². The summed E-state index contributed by atoms with van der Waals surface area (Å²) < 4.78 is 1.92. The number of hydrogen-bond donors (Lipinski definition) is 1. The topological polar surface area (TPSA) is 29.1 Å². The zero-order valence-corrected chi connectivity index (χ0v) is 21.4. The highest BCUT2D eigenvalue weighted by molar-refractivity contribution is 9.11. The highest BCUT2D eigenvalue weighted by atomic mass is 79.9. The second-order valence-electron chi connectivity index (χ2n) is 8.91. The molecular weight excluding hydrogens is 538 g/mol. The molecule has 4 heteroatoms. The molecular formula is C29H21Br2NO. The highest BCUT2D eigenvalue weighted by Crippen LogP contribution is 2.56. The average Bonchev–Trinajstić information content (AvgIpc) is 3.30. The normalized spacial score (nSPS) is 19.1. The van der Waals surface area contributed by atoms with E-state index in [1.165, 1.54) is 38.6 Å². The van der Waals surface area contributed by atoms with Crippen LogP contribution in [0.1, 0.15) is 46.6 Å². The van der Waals surface area contributed by atoms with Gasteiger partial charge in [0, 0.05) is 14.9 Å². The van der Waals surface area contributed by atoms with Gasteiger partial charge in [-0.15, -0.1) is 0 Å². The fraction of sp³-hybridized carbons (Fsp3) is 0.138. The molecule has 0 saturated carbocycles. The third-order valence-corrected chi connectivity index (χ3v) is 8.61. The summed E-state index contributed by atoms with van der Waals surface area (Å²) in [5.41, 5.74) is 9.23. The predicted octanol–water partition coefficient (Wildman–Crippen LogP) is 8.33. The molecule has 0 fully saturated rings. The van der Waals surface area contributed by atoms with Crippen molar-refractivity contribution in [3.8, 4) is 0 Å². The van der Waals surface area contributed by atoms with Gasteiger partial charge in [0.25, 0.3) is 0 Å². The lowest BCUT2D eigenvalue weighted by Gasteiger charge is -2.22. The van der Waals surface area contributed by atoms with Crippen molar-refractivity contribution in [3.63, 3.8) is 0 Å². The Bertz CT molecular complexity index is 1520. The third-order valence-electron chi connectivity index (χ3n) is 7.16. The minimum Gasteiger partial charge on any atom is -0.324 e. The summed E-state index contributed by atoms with van der Waals surface area (Å²) in [4.78, 5) is 13.4. The average molecular weight is 559 g/mol. The van der Waals surface area contributed by atoms with Crippen LogP contribution in [0, 0.1) is 6.92 Å². The molecule has 4 aromatic rings. The first-order chi connectivity index (χ1) is 16.0. The number of rotatable bonds is 2. The van der Waals surface area contributed by atoms with Crippen molar-refractivity contribution >= 4 is 59.8 Å². The highest BCUT2D eigenvalue weighted by Gasteiger charge is 2.44. The fourth-order valence-electron chi connectivity index (χ4n) is 5.66. The summed E-state index contributed by atoms with van der Waals surface area (Å²) in [6, 6.07) is 25.7. The minimum atomic E-state index is -0.270. The number of halogens is 2. The Labute approximate surface area is 210 Å². The van der Waals surface area contributed by atoms with Gasteiger partial charge in [0.05, 0.1) is 11.6 Å². The van der Waals surface area contributed by atoms with Gasteiger partial charge in [-0.3, -0.25) is 4.79 Å². The molecule has 2 atom stereocenters. The van der Waals surface area contributed by atoms with Crippen molar-refractivity contribution < 1.29 is 4.79 Å². The number of fused-ring (bicyclic) bond motifs is 3. The second-order valence-corrected chi connectivity index (χ2v) is 10.6. The number of anilines is 1. The maximum atomic E-state index is 13.4. The smallest absolute Gasteiger partial charge is 0.233 e. The summed E-state index contributed by atoms with van der Waals surface area (Å²) in [6.45, 7) is 4.29. The number of hydrogen-bond acceptors (Lipinski definition) is 1. The molecule has 1 N–H and O–H groups in total. The Hall–Kier alpha value is -2.69. The number of allylic oxidation sites excluding steroid dienone is 1. The molecule has 33 heavy (non-hydrogen) atoms. The van der Waals surface area contributed by atoms with E-state index in [1.54, 1.807) is 0 Å². The summed E-state index contributed by atoms with van der Waals surface area (Å²) in [5, 5.41) is 5.62. The van der Waals surface area contributed by atoms with E-state index < -0.39 is 0 Å². The van der Waals surface area contributed by atoms with E-state index >= 15 is 0 Å². The summed E-state index contributed by atoms with van der Waals surface area (Å²) >= 11 is 7.35. The Balaban J connectivity index is 1.59. The monoisotopic (exact) mass is 557 g/mol. The third kappa shape index (κ3) is 3.08. The van der Waals surface area contributed by atoms with Gasteiger partial charge in [-0.05, 0) is 86.1 Å². The molecule has 2 unspecified atom stereocenters. The standard InChI is InChI=1S/C29H21Br2NO/c1-15-22(30)14-23(31)28-26(15)27(29(33)32-28)25-16(2)24(20-9-5-6-10-21(20)25)19-12-11-17-7-3-4-8-18(17)13-19/h3-14,25,27H,1-2H3,(H,32,33). The summed E-state index contributed by atoms with van der Waals surface area (Å²) in [7, 11) is 0. The first-order valence-corrected chi connectivity index (χ1v) is 12.6. The Kier molecular flexibility index (Phi) is 4.86. The van der Waals surface area contributed by atoms with Crippen molar-refractivity contribution in [3.05, 3.63) is 115 Å². The van der Waals surface area contributed by atoms with Crippen molar-refractivity contribution in [2.45, 2.75) is 25.7 Å². The molecule has 0 radical (unpaired) electrons. The molecule has 0 saturated heterocycles. The number of nitrogens with one attached hydrogen (secondary N) is 1. The van der Waals surface area contributed by atoms with Crippen LogP contribution in [0.3, 0.4) is 0 Å². The van der Waals surface area contributed by atoms with E-state index in [0.29, 0.717) is 0 Å². The van der Waals surface area contributed by atoms with Gasteiger partial charge in [-0.25, -0.2) is 0 Å². The van der Waals surface area contributed by atoms with Crippen LogP contribution in [0.4, 0.5) is 5.69 Å². The lowest BCUT2D eigenvalue weighted by atomic mass is 9.79. The quantitative estimate of drug-likeness (QED) is 0.263. The molecule has 1 amide bonds. The van der Waals surface area contributed by atoms with E-state index in [1.807, 2.05) is 6.07 Å². The van der Waals surface area contributed by atoms with Gasteiger partial charge in [-0.1, -0.05) is 82.2 Å². The van der Waals surface area contributed by atoms with E-state index in [2.05, 4.69) is 118 Å². The first-order valence-electron chi connectivity index (χ1n) is 11.0. The SMILES string of the molecule is CC1=C(c2ccc3ccccc3c2)c2ccccc2C1C1C(=O)Nc2c(Br)cc(Br)c(C)c21. The molecule has 0 bridgehead atoms. The molecule has 0 aromatic heterocycles. The lowest BCUT2D eigenvalue weighted by Crippen LogP contribution is -2.20. The minimum absolute atomic E-state index is 0.0104. The Morgan fingerprint density at radius 1 is 0.788 bits per heavy atom. The van der Waals surface area contributed by atoms with E-state index in [9.17, 15) is 4.79 Å². The first kappa shape index (κ1) is 20.9. The van der Waals surface area contributed by atoms with Crippen molar-refractivity contribution in [2.75, 3.05) is 5.32 Å². The van der Waals surface area contributed by atoms with Crippen LogP contribution in [-0.4, -0.2) is 5.91 Å². The van der Waals surface area contributed by atoms with E-state index in [-0.39, 0.29) is 17.7 Å². The molecule has 1 heterocycles. The van der Waals surface area contributed by atoms with Crippen LogP contribution in [0.25, 0.3) is 16.3 Å². The molecule has 1 aliphatic heterocycles. The van der Waals surface area contributed by atoms with Gasteiger partial charge >= 0.3 is 0 Å². The predicted molar refractivity (Wildman–Crippen MR) is 143 cm³/mol. The fourth-order valence-corrected chi connectivity index (χ4v) is 6.95. The van der Waals surface area contributed by atoms with Crippen molar-refractivity contribution in [2.24, 2.45) is 0 Å². The van der Waals surface area contributed by atoms with Crippen LogP contribution in [-0.2, 0) is 4.79 Å². The van der Waals surface area contributed by atoms with Gasteiger partial charge in [0.2, 0.25) is 5.91 Å². The van der Waals surface area contributed by atoms with Crippen LogP contribution in [0.15, 0.2) is 87.3 Å². The largest absolute Gasteiger partial charge is 0.324 e. The zero-order valence-electron chi connectivity index (χ0n) is 18.2. The second kappa shape index (κ2) is 7.68. The van der Waals surface area contributed by atoms with Crippen molar-refractivity contribution in [1.82, 2.24) is 0 Å². The molecule has 1 aliphatic carbocycles. The van der Waals surface area contributed by atoms with E-state index in [0.717, 1.165) is 25.8 Å². The van der Waals surface area contributed by atoms with Gasteiger partial charge in [-0.2, -0.15) is 0 Å². The van der Waals surface area contributed by atoms with Crippen molar-refractivity contribution in [1.29, 1.82) is 0 Å². The molecule has 2 nitrogen and oxygen atoms in total.